The van der Waals surface area contributed by atoms with E-state index < -0.39 is 5.97 Å². The molecule has 102 valence electrons. The topological polar surface area (TPSA) is 57.6 Å². The molecule has 1 aromatic rings. The monoisotopic (exact) mass is 279 g/mol. The number of rotatable bonds is 5. The number of hydrogen-bond acceptors (Lipinski definition) is 3. The lowest BCUT2D eigenvalue weighted by atomic mass is 10.0. The Hall–Kier alpha value is -1.49. The first-order valence-electron chi connectivity index (χ1n) is 6.36. The van der Waals surface area contributed by atoms with E-state index in [1.165, 1.54) is 17.3 Å². The van der Waals surface area contributed by atoms with Crippen LogP contribution in [0.3, 0.4) is 0 Å². The smallest absolute Gasteiger partial charge is 0.304 e. The number of para-hydroxylation sites is 1. The van der Waals surface area contributed by atoms with Gasteiger partial charge in [0.2, 0.25) is 5.91 Å². The van der Waals surface area contributed by atoms with Crippen LogP contribution in [0.5, 0.6) is 0 Å². The van der Waals surface area contributed by atoms with E-state index in [0.717, 1.165) is 25.1 Å². The largest absolute Gasteiger partial charge is 0.481 e. The van der Waals surface area contributed by atoms with E-state index >= 15 is 0 Å². The molecule has 0 bridgehead atoms. The number of thioether (sulfide) groups is 1. The van der Waals surface area contributed by atoms with Crippen LogP contribution >= 0.6 is 11.8 Å². The summed E-state index contributed by atoms with van der Waals surface area (Å²) in [5.74, 6) is 0.0869. The second-order valence-electron chi connectivity index (χ2n) is 4.47. The number of fused-ring (bicyclic) bond motifs is 1. The summed E-state index contributed by atoms with van der Waals surface area (Å²) in [6.07, 6.45) is 2.11. The lowest BCUT2D eigenvalue weighted by Crippen LogP contribution is -2.36. The van der Waals surface area contributed by atoms with Crippen LogP contribution in [-0.4, -0.2) is 35.0 Å². The number of anilines is 1. The van der Waals surface area contributed by atoms with Crippen molar-refractivity contribution in [2.24, 2.45) is 0 Å². The molecule has 0 atom stereocenters. The molecule has 4 nitrogen and oxygen atoms in total. The van der Waals surface area contributed by atoms with Crippen molar-refractivity contribution in [1.82, 2.24) is 0 Å². The Kier molecular flexibility index (Phi) is 4.85. The van der Waals surface area contributed by atoms with E-state index in [0.29, 0.717) is 11.5 Å². The quantitative estimate of drug-likeness (QED) is 0.839. The van der Waals surface area contributed by atoms with Gasteiger partial charge in [0.05, 0.1) is 12.2 Å². The fourth-order valence-corrected chi connectivity index (χ4v) is 2.98. The fraction of sp³-hybridized carbons (Fsp3) is 0.429. The molecule has 1 aliphatic rings. The lowest BCUT2D eigenvalue weighted by molar-refractivity contribution is -0.136. The Morgan fingerprint density at radius 3 is 2.89 bits per heavy atom. The van der Waals surface area contributed by atoms with Crippen molar-refractivity contribution >= 4 is 29.3 Å². The molecule has 1 N–H and O–H groups in total. The predicted octanol–water partition coefficient (Wildman–Crippen LogP) is 2.17. The predicted molar refractivity (Wildman–Crippen MR) is 76.7 cm³/mol. The molecule has 0 saturated heterocycles. The van der Waals surface area contributed by atoms with Crippen molar-refractivity contribution in [2.45, 2.75) is 19.3 Å². The number of carboxylic acids is 1. The summed E-state index contributed by atoms with van der Waals surface area (Å²) < 4.78 is 0. The number of benzene rings is 1. The average Bonchev–Trinajstić information content (AvgIpc) is 2.42. The Labute approximate surface area is 116 Å². The Balaban J connectivity index is 1.92. The van der Waals surface area contributed by atoms with Crippen LogP contribution in [0.2, 0.25) is 0 Å². The van der Waals surface area contributed by atoms with Crippen LogP contribution in [0.25, 0.3) is 0 Å². The van der Waals surface area contributed by atoms with Gasteiger partial charge in [-0.05, 0) is 24.5 Å². The average molecular weight is 279 g/mol. The minimum absolute atomic E-state index is 0.0718. The number of carbonyl (C=O) groups excluding carboxylic acids is 1. The molecule has 2 rings (SSSR count). The number of hydrogen-bond donors (Lipinski definition) is 1. The lowest BCUT2D eigenvalue weighted by Gasteiger charge is -2.29. The van der Waals surface area contributed by atoms with Gasteiger partial charge in [-0.3, -0.25) is 9.59 Å². The van der Waals surface area contributed by atoms with Crippen molar-refractivity contribution in [3.05, 3.63) is 29.8 Å². The van der Waals surface area contributed by atoms with Gasteiger partial charge in [0.25, 0.3) is 0 Å². The molecule has 0 radical (unpaired) electrons. The molecule has 1 heterocycles. The van der Waals surface area contributed by atoms with E-state index in [1.807, 2.05) is 23.1 Å². The molecule has 19 heavy (non-hydrogen) atoms. The zero-order valence-electron chi connectivity index (χ0n) is 10.7. The van der Waals surface area contributed by atoms with Gasteiger partial charge >= 0.3 is 5.97 Å². The normalized spacial score (nSPS) is 14.0. The van der Waals surface area contributed by atoms with Crippen LogP contribution in [0.4, 0.5) is 5.69 Å². The minimum Gasteiger partial charge on any atom is -0.481 e. The molecule has 0 aromatic heterocycles. The number of aryl methyl sites for hydroxylation is 1. The molecular formula is C14H17NO3S. The van der Waals surface area contributed by atoms with Gasteiger partial charge in [0.15, 0.2) is 0 Å². The summed E-state index contributed by atoms with van der Waals surface area (Å²) in [5, 5.41) is 8.55. The van der Waals surface area contributed by atoms with Crippen molar-refractivity contribution in [1.29, 1.82) is 0 Å². The molecule has 0 spiro atoms. The third-order valence-corrected chi connectivity index (χ3v) is 4.04. The molecule has 5 heteroatoms. The van der Waals surface area contributed by atoms with E-state index in [9.17, 15) is 9.59 Å². The Morgan fingerprint density at radius 2 is 2.11 bits per heavy atom. The third kappa shape index (κ3) is 3.73. The van der Waals surface area contributed by atoms with Gasteiger partial charge in [0.1, 0.15) is 0 Å². The summed E-state index contributed by atoms with van der Waals surface area (Å²) in [6, 6.07) is 7.98. The molecule has 0 aliphatic carbocycles. The SMILES string of the molecule is O=C(O)CCSCC(=O)N1CCCc2ccccc21. The molecule has 0 unspecified atom stereocenters. The van der Waals surface area contributed by atoms with Crippen LogP contribution in [0.15, 0.2) is 24.3 Å². The Bertz CT molecular complexity index is 476. The standard InChI is InChI=1S/C14H17NO3S/c16-13(10-19-9-7-14(17)18)15-8-3-5-11-4-1-2-6-12(11)15/h1-2,4,6H,3,5,7-10H2,(H,17,18). The maximum atomic E-state index is 12.2. The zero-order chi connectivity index (χ0) is 13.7. The summed E-state index contributed by atoms with van der Waals surface area (Å²) >= 11 is 1.39. The van der Waals surface area contributed by atoms with Gasteiger partial charge in [-0.15, -0.1) is 0 Å². The number of amides is 1. The third-order valence-electron chi connectivity index (χ3n) is 3.10. The number of carboxylic acid groups (broad SMARTS) is 1. The molecular weight excluding hydrogens is 262 g/mol. The molecule has 1 aromatic carbocycles. The first-order chi connectivity index (χ1) is 9.18. The zero-order valence-corrected chi connectivity index (χ0v) is 11.5. The van der Waals surface area contributed by atoms with E-state index in [2.05, 4.69) is 6.07 Å². The second-order valence-corrected chi connectivity index (χ2v) is 5.58. The van der Waals surface area contributed by atoms with Crippen LogP contribution in [0.1, 0.15) is 18.4 Å². The minimum atomic E-state index is -0.816. The van der Waals surface area contributed by atoms with E-state index in [-0.39, 0.29) is 12.3 Å². The highest BCUT2D eigenvalue weighted by Crippen LogP contribution is 2.27. The van der Waals surface area contributed by atoms with Gasteiger partial charge in [0, 0.05) is 18.0 Å². The molecule has 1 aliphatic heterocycles. The van der Waals surface area contributed by atoms with Crippen molar-refractivity contribution in [3.63, 3.8) is 0 Å². The first-order valence-corrected chi connectivity index (χ1v) is 7.52. The number of carbonyl (C=O) groups is 2. The molecule has 0 fully saturated rings. The van der Waals surface area contributed by atoms with Crippen molar-refractivity contribution in [3.8, 4) is 0 Å². The van der Waals surface area contributed by atoms with Crippen LogP contribution in [-0.2, 0) is 16.0 Å². The van der Waals surface area contributed by atoms with Gasteiger partial charge < -0.3 is 10.0 Å². The first kappa shape index (κ1) is 13.9. The number of nitrogens with zero attached hydrogens (tertiary/aromatic N) is 1. The number of aliphatic carboxylic acids is 1. The maximum absolute atomic E-state index is 12.2. The highest BCUT2D eigenvalue weighted by atomic mass is 32.2. The van der Waals surface area contributed by atoms with Crippen LogP contribution in [0, 0.1) is 0 Å². The van der Waals surface area contributed by atoms with Gasteiger partial charge in [-0.25, -0.2) is 0 Å². The highest BCUT2D eigenvalue weighted by Gasteiger charge is 2.21. The van der Waals surface area contributed by atoms with Gasteiger partial charge in [-0.1, -0.05) is 18.2 Å². The van der Waals surface area contributed by atoms with Crippen LogP contribution < -0.4 is 4.90 Å². The van der Waals surface area contributed by atoms with Gasteiger partial charge in [-0.2, -0.15) is 11.8 Å². The van der Waals surface area contributed by atoms with E-state index in [4.69, 9.17) is 5.11 Å². The van der Waals surface area contributed by atoms with Crippen molar-refractivity contribution in [2.75, 3.05) is 23.0 Å². The second kappa shape index (κ2) is 6.61. The summed E-state index contributed by atoms with van der Waals surface area (Å²) in [4.78, 5) is 24.4. The Morgan fingerprint density at radius 1 is 1.32 bits per heavy atom. The summed E-state index contributed by atoms with van der Waals surface area (Å²) in [5.41, 5.74) is 2.23. The van der Waals surface area contributed by atoms with E-state index in [1.54, 1.807) is 0 Å². The fourth-order valence-electron chi connectivity index (χ4n) is 2.19. The summed E-state index contributed by atoms with van der Waals surface area (Å²) in [7, 11) is 0. The van der Waals surface area contributed by atoms with Crippen molar-refractivity contribution < 1.29 is 14.7 Å². The molecule has 0 saturated carbocycles. The molecule has 1 amide bonds. The summed E-state index contributed by atoms with van der Waals surface area (Å²) in [6.45, 7) is 0.759. The highest BCUT2D eigenvalue weighted by molar-refractivity contribution is 7.99. The maximum Gasteiger partial charge on any atom is 0.304 e.